The minimum Gasteiger partial charge on any atom is -0.481 e. The number of rotatable bonds is 3. The van der Waals surface area contributed by atoms with E-state index < -0.39 is 5.97 Å². The highest BCUT2D eigenvalue weighted by molar-refractivity contribution is 6.30. The van der Waals surface area contributed by atoms with E-state index in [4.69, 9.17) is 16.7 Å². The maximum absolute atomic E-state index is 10.8. The Bertz CT molecular complexity index is 588. The number of aromatic nitrogens is 2. The number of hydrogen-bond acceptors (Lipinski definition) is 2. The maximum atomic E-state index is 10.8. The molecule has 0 amide bonds. The molecule has 4 nitrogen and oxygen atoms in total. The Balaban J connectivity index is 2.46. The Morgan fingerprint density at radius 1 is 1.39 bits per heavy atom. The molecule has 0 fully saturated rings. The van der Waals surface area contributed by atoms with Gasteiger partial charge in [-0.15, -0.1) is 0 Å². The van der Waals surface area contributed by atoms with Crippen LogP contribution in [-0.2, 0) is 18.3 Å². The van der Waals surface area contributed by atoms with E-state index >= 15 is 0 Å². The number of carbonyl (C=O) groups is 1. The normalized spacial score (nSPS) is 10.6. The molecule has 18 heavy (non-hydrogen) atoms. The van der Waals surface area contributed by atoms with E-state index in [1.807, 2.05) is 19.1 Å². The summed E-state index contributed by atoms with van der Waals surface area (Å²) < 4.78 is 1.62. The second-order valence-corrected chi connectivity index (χ2v) is 4.56. The minimum absolute atomic E-state index is 0.0249. The van der Waals surface area contributed by atoms with Crippen molar-refractivity contribution in [2.24, 2.45) is 7.05 Å². The van der Waals surface area contributed by atoms with Crippen LogP contribution in [0.15, 0.2) is 24.3 Å². The third-order valence-corrected chi connectivity index (χ3v) is 3.12. The molecule has 5 heteroatoms. The van der Waals surface area contributed by atoms with Crippen molar-refractivity contribution in [3.63, 3.8) is 0 Å². The summed E-state index contributed by atoms with van der Waals surface area (Å²) in [5, 5.41) is 13.9. The molecule has 2 rings (SSSR count). The Morgan fingerprint density at radius 3 is 2.56 bits per heavy atom. The fourth-order valence-electron chi connectivity index (χ4n) is 1.94. The van der Waals surface area contributed by atoms with Crippen molar-refractivity contribution in [3.8, 4) is 11.3 Å². The molecule has 0 aliphatic heterocycles. The summed E-state index contributed by atoms with van der Waals surface area (Å²) in [7, 11) is 1.75. The number of carboxylic acid groups (broad SMARTS) is 1. The van der Waals surface area contributed by atoms with Gasteiger partial charge in [0.15, 0.2) is 0 Å². The van der Waals surface area contributed by atoms with Gasteiger partial charge >= 0.3 is 5.97 Å². The van der Waals surface area contributed by atoms with E-state index in [2.05, 4.69) is 5.10 Å². The van der Waals surface area contributed by atoms with Crippen LogP contribution in [0.5, 0.6) is 0 Å². The zero-order chi connectivity index (χ0) is 13.3. The van der Waals surface area contributed by atoms with Crippen molar-refractivity contribution in [1.82, 2.24) is 9.78 Å². The van der Waals surface area contributed by atoms with Gasteiger partial charge in [0.2, 0.25) is 0 Å². The van der Waals surface area contributed by atoms with Gasteiger partial charge in [-0.05, 0) is 24.6 Å². The van der Waals surface area contributed by atoms with Gasteiger partial charge in [-0.2, -0.15) is 5.10 Å². The zero-order valence-corrected chi connectivity index (χ0v) is 10.9. The Morgan fingerprint density at radius 2 is 2.00 bits per heavy atom. The van der Waals surface area contributed by atoms with Crippen molar-refractivity contribution in [2.75, 3.05) is 0 Å². The molecule has 0 radical (unpaired) electrons. The summed E-state index contributed by atoms with van der Waals surface area (Å²) >= 11 is 5.84. The number of hydrogen-bond donors (Lipinski definition) is 1. The molecule has 0 aliphatic rings. The highest BCUT2D eigenvalue weighted by Gasteiger charge is 2.15. The van der Waals surface area contributed by atoms with Crippen molar-refractivity contribution in [1.29, 1.82) is 0 Å². The minimum atomic E-state index is -0.858. The predicted octanol–water partition coefficient (Wildman–Crippen LogP) is 2.68. The van der Waals surface area contributed by atoms with Crippen LogP contribution >= 0.6 is 11.6 Å². The molecule has 0 aliphatic carbocycles. The molecule has 1 N–H and O–H groups in total. The number of carboxylic acids is 1. The van der Waals surface area contributed by atoms with Crippen molar-refractivity contribution >= 4 is 17.6 Å². The first-order valence-corrected chi connectivity index (χ1v) is 5.87. The zero-order valence-electron chi connectivity index (χ0n) is 10.1. The monoisotopic (exact) mass is 264 g/mol. The third kappa shape index (κ3) is 2.38. The lowest BCUT2D eigenvalue weighted by Gasteiger charge is -2.00. The average molecular weight is 265 g/mol. The standard InChI is InChI=1S/C13H13ClN2O2/c1-8-11(7-12(17)18)16(2)15-13(8)9-3-5-10(14)6-4-9/h3-6H,7H2,1-2H3,(H,17,18). The van der Waals surface area contributed by atoms with Gasteiger partial charge in [0.25, 0.3) is 0 Å². The lowest BCUT2D eigenvalue weighted by atomic mass is 10.1. The highest BCUT2D eigenvalue weighted by atomic mass is 35.5. The molecule has 0 saturated carbocycles. The Labute approximate surface area is 110 Å². The van der Waals surface area contributed by atoms with Crippen LogP contribution < -0.4 is 0 Å². The predicted molar refractivity (Wildman–Crippen MR) is 69.7 cm³/mol. The molecular formula is C13H13ClN2O2. The third-order valence-electron chi connectivity index (χ3n) is 2.87. The van der Waals surface area contributed by atoms with Gasteiger partial charge in [-0.25, -0.2) is 0 Å². The van der Waals surface area contributed by atoms with Gasteiger partial charge < -0.3 is 5.11 Å². The number of aliphatic carboxylic acids is 1. The average Bonchev–Trinajstić information content (AvgIpc) is 2.58. The van der Waals surface area contributed by atoms with Crippen LogP contribution in [0, 0.1) is 6.92 Å². The maximum Gasteiger partial charge on any atom is 0.309 e. The first kappa shape index (κ1) is 12.6. The topological polar surface area (TPSA) is 55.1 Å². The summed E-state index contributed by atoms with van der Waals surface area (Å²) in [6.45, 7) is 1.88. The van der Waals surface area contributed by atoms with E-state index in [-0.39, 0.29) is 6.42 Å². The van der Waals surface area contributed by atoms with Crippen LogP contribution in [0.25, 0.3) is 11.3 Å². The van der Waals surface area contributed by atoms with Crippen molar-refractivity contribution < 1.29 is 9.90 Å². The molecule has 0 bridgehead atoms. The quantitative estimate of drug-likeness (QED) is 0.927. The van der Waals surface area contributed by atoms with E-state index in [0.717, 1.165) is 16.8 Å². The molecule has 0 saturated heterocycles. The largest absolute Gasteiger partial charge is 0.481 e. The SMILES string of the molecule is Cc1c(-c2ccc(Cl)cc2)nn(C)c1CC(=O)O. The van der Waals surface area contributed by atoms with Crippen LogP contribution in [0.4, 0.5) is 0 Å². The van der Waals surface area contributed by atoms with Gasteiger partial charge in [-0.1, -0.05) is 23.7 Å². The second kappa shape index (κ2) is 4.82. The molecule has 1 aromatic carbocycles. The smallest absolute Gasteiger partial charge is 0.309 e. The molecule has 94 valence electrons. The lowest BCUT2D eigenvalue weighted by molar-refractivity contribution is -0.136. The Hall–Kier alpha value is -1.81. The highest BCUT2D eigenvalue weighted by Crippen LogP contribution is 2.25. The number of nitrogens with zero attached hydrogens (tertiary/aromatic N) is 2. The number of halogens is 1. The van der Waals surface area contributed by atoms with Crippen molar-refractivity contribution in [2.45, 2.75) is 13.3 Å². The first-order valence-electron chi connectivity index (χ1n) is 5.49. The number of aryl methyl sites for hydroxylation is 1. The summed E-state index contributed by atoms with van der Waals surface area (Å²) in [6, 6.07) is 7.34. The van der Waals surface area contributed by atoms with E-state index in [9.17, 15) is 4.79 Å². The summed E-state index contributed by atoms with van der Waals surface area (Å²) in [5.74, 6) is -0.858. The van der Waals surface area contributed by atoms with E-state index in [1.165, 1.54) is 0 Å². The van der Waals surface area contributed by atoms with Crippen LogP contribution in [-0.4, -0.2) is 20.9 Å². The first-order chi connectivity index (χ1) is 8.49. The summed E-state index contributed by atoms with van der Waals surface area (Å²) in [4.78, 5) is 10.8. The van der Waals surface area contributed by atoms with Crippen LogP contribution in [0.2, 0.25) is 5.02 Å². The van der Waals surface area contributed by atoms with Gasteiger partial charge in [-0.3, -0.25) is 9.48 Å². The Kier molecular flexibility index (Phi) is 3.39. The fourth-order valence-corrected chi connectivity index (χ4v) is 2.06. The molecule has 2 aromatic rings. The molecular weight excluding hydrogens is 252 g/mol. The molecule has 0 atom stereocenters. The lowest BCUT2D eigenvalue weighted by Crippen LogP contribution is -2.06. The summed E-state index contributed by atoms with van der Waals surface area (Å²) in [6.07, 6.45) is -0.0249. The van der Waals surface area contributed by atoms with Crippen molar-refractivity contribution in [3.05, 3.63) is 40.5 Å². The molecule has 0 unspecified atom stereocenters. The number of benzene rings is 1. The van der Waals surface area contributed by atoms with E-state index in [0.29, 0.717) is 10.7 Å². The van der Waals surface area contributed by atoms with Gasteiger partial charge in [0.1, 0.15) is 0 Å². The van der Waals surface area contributed by atoms with Gasteiger partial charge in [0, 0.05) is 17.6 Å². The second-order valence-electron chi connectivity index (χ2n) is 4.12. The van der Waals surface area contributed by atoms with E-state index in [1.54, 1.807) is 23.9 Å². The fraction of sp³-hybridized carbons (Fsp3) is 0.231. The van der Waals surface area contributed by atoms with Gasteiger partial charge in [0.05, 0.1) is 17.8 Å². The molecule has 1 aromatic heterocycles. The van der Waals surface area contributed by atoms with Crippen LogP contribution in [0.3, 0.4) is 0 Å². The molecule has 0 spiro atoms. The van der Waals surface area contributed by atoms with Crippen LogP contribution in [0.1, 0.15) is 11.3 Å². The summed E-state index contributed by atoms with van der Waals surface area (Å²) in [5.41, 5.74) is 3.34. The molecule has 1 heterocycles.